The van der Waals surface area contributed by atoms with Crippen molar-refractivity contribution in [3.8, 4) is 5.75 Å². The number of unbranched alkanes of at least 4 members (excludes halogenated alkanes) is 4. The number of benzene rings is 1. The Hall–Kier alpha value is -2.08. The van der Waals surface area contributed by atoms with Crippen molar-refractivity contribution in [2.45, 2.75) is 45.4 Å². The molecule has 6 nitrogen and oxygen atoms in total. The Balaban J connectivity index is 2.35. The molecule has 1 aromatic carbocycles. The molecule has 0 bridgehead atoms. The summed E-state index contributed by atoms with van der Waals surface area (Å²) in [5.41, 5.74) is 2.29. The number of carbonyl (C=O) groups excluding carboxylic acids is 2. The van der Waals surface area contributed by atoms with E-state index in [9.17, 15) is 9.59 Å². The zero-order valence-corrected chi connectivity index (χ0v) is 12.8. The van der Waals surface area contributed by atoms with Crippen molar-refractivity contribution in [3.05, 3.63) is 29.8 Å². The number of amides is 1. The lowest BCUT2D eigenvalue weighted by Gasteiger charge is -2.09. The number of hydroxylamine groups is 1. The van der Waals surface area contributed by atoms with Crippen molar-refractivity contribution in [1.82, 2.24) is 5.48 Å². The predicted octanol–water partition coefficient (Wildman–Crippen LogP) is 2.56. The molecular formula is C16H23NO5. The Morgan fingerprint density at radius 2 is 1.86 bits per heavy atom. The van der Waals surface area contributed by atoms with Crippen LogP contribution in [0.5, 0.6) is 5.75 Å². The third-order valence-corrected chi connectivity index (χ3v) is 3.09. The van der Waals surface area contributed by atoms with E-state index in [1.54, 1.807) is 18.2 Å². The van der Waals surface area contributed by atoms with Crippen LogP contribution < -0.4 is 10.2 Å². The van der Waals surface area contributed by atoms with Crippen LogP contribution in [0.1, 0.15) is 55.8 Å². The van der Waals surface area contributed by atoms with Gasteiger partial charge in [-0.25, -0.2) is 4.79 Å². The van der Waals surface area contributed by atoms with Gasteiger partial charge in [-0.2, -0.15) is 5.48 Å². The summed E-state index contributed by atoms with van der Waals surface area (Å²) in [5, 5.41) is 8.76. The third kappa shape index (κ3) is 6.58. The highest BCUT2D eigenvalue weighted by molar-refractivity contribution is 5.96. The molecule has 0 unspecified atom stereocenters. The molecule has 2 N–H and O–H groups in total. The molecule has 6 heteroatoms. The zero-order valence-electron chi connectivity index (χ0n) is 12.8. The lowest BCUT2D eigenvalue weighted by molar-refractivity contribution is -0.149. The first kappa shape index (κ1) is 18.0. The molecule has 1 aromatic rings. The van der Waals surface area contributed by atoms with Crippen LogP contribution in [0, 0.1) is 0 Å². The normalized spacial score (nSPS) is 10.1. The Morgan fingerprint density at radius 1 is 1.14 bits per heavy atom. The third-order valence-electron chi connectivity index (χ3n) is 3.09. The SMILES string of the molecule is CCCCCCCC(=O)ONC(=O)c1ccccc1OCO. The van der Waals surface area contributed by atoms with E-state index in [-0.39, 0.29) is 17.7 Å². The molecule has 0 atom stereocenters. The molecule has 0 aromatic heterocycles. The van der Waals surface area contributed by atoms with Crippen LogP contribution in [-0.4, -0.2) is 23.8 Å². The maximum absolute atomic E-state index is 11.9. The topological polar surface area (TPSA) is 84.9 Å². The summed E-state index contributed by atoms with van der Waals surface area (Å²) in [6, 6.07) is 6.37. The lowest BCUT2D eigenvalue weighted by Crippen LogP contribution is -2.27. The van der Waals surface area contributed by atoms with Crippen LogP contribution in [0.4, 0.5) is 0 Å². The first-order valence-electron chi connectivity index (χ1n) is 7.51. The van der Waals surface area contributed by atoms with Crippen molar-refractivity contribution >= 4 is 11.9 Å². The van der Waals surface area contributed by atoms with Gasteiger partial charge in [-0.3, -0.25) is 4.79 Å². The highest BCUT2D eigenvalue weighted by atomic mass is 16.7. The van der Waals surface area contributed by atoms with E-state index in [1.165, 1.54) is 6.07 Å². The largest absolute Gasteiger partial charge is 0.467 e. The van der Waals surface area contributed by atoms with Crippen molar-refractivity contribution < 1.29 is 24.3 Å². The van der Waals surface area contributed by atoms with Crippen molar-refractivity contribution in [3.63, 3.8) is 0 Å². The Bertz CT molecular complexity index is 475. The number of rotatable bonds is 9. The average Bonchev–Trinajstić information content (AvgIpc) is 2.53. The number of nitrogens with one attached hydrogen (secondary N) is 1. The molecule has 1 amide bonds. The van der Waals surface area contributed by atoms with Gasteiger partial charge in [-0.05, 0) is 18.6 Å². The average molecular weight is 309 g/mol. The molecule has 0 radical (unpaired) electrons. The Labute approximate surface area is 130 Å². The summed E-state index contributed by atoms with van der Waals surface area (Å²) < 4.78 is 4.92. The van der Waals surface area contributed by atoms with Gasteiger partial charge in [0, 0.05) is 6.42 Å². The van der Waals surface area contributed by atoms with Crippen LogP contribution in [-0.2, 0) is 9.63 Å². The summed E-state index contributed by atoms with van der Waals surface area (Å²) in [7, 11) is 0. The number of aliphatic hydroxyl groups is 1. The van der Waals surface area contributed by atoms with E-state index in [4.69, 9.17) is 14.7 Å². The summed E-state index contributed by atoms with van der Waals surface area (Å²) in [4.78, 5) is 28.2. The maximum atomic E-state index is 11.9. The summed E-state index contributed by atoms with van der Waals surface area (Å²) in [6.45, 7) is 1.59. The van der Waals surface area contributed by atoms with Crippen molar-refractivity contribution in [2.24, 2.45) is 0 Å². The molecule has 0 fully saturated rings. The number of para-hydroxylation sites is 1. The number of hydrogen-bond acceptors (Lipinski definition) is 5. The first-order chi connectivity index (χ1) is 10.7. The van der Waals surface area contributed by atoms with E-state index in [0.717, 1.165) is 32.1 Å². The van der Waals surface area contributed by atoms with Gasteiger partial charge < -0.3 is 14.7 Å². The molecule has 0 heterocycles. The standard InChI is InChI=1S/C16H23NO5/c1-2-3-4-5-6-11-15(19)22-17-16(20)13-9-7-8-10-14(13)21-12-18/h7-10,18H,2-6,11-12H2,1H3,(H,17,20). The van der Waals surface area contributed by atoms with Crippen molar-refractivity contribution in [2.75, 3.05) is 6.79 Å². The molecule has 0 saturated heterocycles. The fourth-order valence-corrected chi connectivity index (χ4v) is 1.93. The van der Waals surface area contributed by atoms with Gasteiger partial charge in [0.05, 0.1) is 5.56 Å². The minimum Gasteiger partial charge on any atom is -0.467 e. The van der Waals surface area contributed by atoms with E-state index < -0.39 is 18.7 Å². The van der Waals surface area contributed by atoms with Crippen LogP contribution in [0.2, 0.25) is 0 Å². The van der Waals surface area contributed by atoms with Gasteiger partial charge in [0.1, 0.15) is 5.75 Å². The lowest BCUT2D eigenvalue weighted by atomic mass is 10.1. The van der Waals surface area contributed by atoms with Gasteiger partial charge in [0.25, 0.3) is 5.91 Å². The Morgan fingerprint density at radius 3 is 2.59 bits per heavy atom. The molecule has 0 aliphatic carbocycles. The van der Waals surface area contributed by atoms with Gasteiger partial charge in [0.2, 0.25) is 0 Å². The van der Waals surface area contributed by atoms with Gasteiger partial charge in [0.15, 0.2) is 6.79 Å². The van der Waals surface area contributed by atoms with Gasteiger partial charge in [-0.1, -0.05) is 44.7 Å². The molecule has 122 valence electrons. The quantitative estimate of drug-likeness (QED) is 0.416. The fourth-order valence-electron chi connectivity index (χ4n) is 1.93. The molecule has 1 rings (SSSR count). The van der Waals surface area contributed by atoms with E-state index in [1.807, 2.05) is 0 Å². The second kappa shape index (κ2) is 10.6. The summed E-state index contributed by atoms with van der Waals surface area (Å²) >= 11 is 0. The molecule has 0 saturated carbocycles. The minimum atomic E-state index is -0.594. The van der Waals surface area contributed by atoms with Crippen LogP contribution in [0.25, 0.3) is 0 Å². The number of hydrogen-bond donors (Lipinski definition) is 2. The second-order valence-corrected chi connectivity index (χ2v) is 4.84. The van der Waals surface area contributed by atoms with E-state index in [2.05, 4.69) is 12.4 Å². The van der Waals surface area contributed by atoms with E-state index in [0.29, 0.717) is 0 Å². The first-order valence-corrected chi connectivity index (χ1v) is 7.51. The molecule has 0 aliphatic heterocycles. The predicted molar refractivity (Wildman–Crippen MR) is 81.1 cm³/mol. The maximum Gasteiger partial charge on any atom is 0.332 e. The Kier molecular flexibility index (Phi) is 8.67. The molecule has 0 spiro atoms. The van der Waals surface area contributed by atoms with E-state index >= 15 is 0 Å². The minimum absolute atomic E-state index is 0.187. The second-order valence-electron chi connectivity index (χ2n) is 4.84. The fraction of sp³-hybridized carbons (Fsp3) is 0.500. The summed E-state index contributed by atoms with van der Waals surface area (Å²) in [5.74, 6) is -0.841. The highest BCUT2D eigenvalue weighted by Gasteiger charge is 2.13. The van der Waals surface area contributed by atoms with Crippen molar-refractivity contribution in [1.29, 1.82) is 0 Å². The highest BCUT2D eigenvalue weighted by Crippen LogP contribution is 2.17. The molecule has 22 heavy (non-hydrogen) atoms. The van der Waals surface area contributed by atoms with Gasteiger partial charge in [-0.15, -0.1) is 0 Å². The summed E-state index contributed by atoms with van der Waals surface area (Å²) in [6.07, 6.45) is 5.41. The van der Waals surface area contributed by atoms with Crippen LogP contribution >= 0.6 is 0 Å². The smallest absolute Gasteiger partial charge is 0.332 e. The van der Waals surface area contributed by atoms with Gasteiger partial charge >= 0.3 is 5.97 Å². The van der Waals surface area contributed by atoms with Crippen LogP contribution in [0.15, 0.2) is 24.3 Å². The zero-order chi connectivity index (χ0) is 16.2. The number of aliphatic hydroxyl groups excluding tert-OH is 1. The molecular weight excluding hydrogens is 286 g/mol. The monoisotopic (exact) mass is 309 g/mol. The number of carbonyl (C=O) groups is 2. The number of ether oxygens (including phenoxy) is 1. The van der Waals surface area contributed by atoms with Crippen LogP contribution in [0.3, 0.4) is 0 Å². The molecule has 0 aliphatic rings.